The lowest BCUT2D eigenvalue weighted by molar-refractivity contribution is -0.137. The molecule has 1 amide bonds. The van der Waals surface area contributed by atoms with E-state index >= 15 is 0 Å². The van der Waals surface area contributed by atoms with Crippen molar-refractivity contribution in [2.45, 2.75) is 25.8 Å². The van der Waals surface area contributed by atoms with Crippen molar-refractivity contribution in [3.63, 3.8) is 0 Å². The number of piperazine rings is 1. The number of amides is 1. The van der Waals surface area contributed by atoms with E-state index in [4.69, 9.17) is 5.73 Å². The third-order valence-electron chi connectivity index (χ3n) is 7.23. The van der Waals surface area contributed by atoms with Crippen molar-refractivity contribution in [2.24, 2.45) is 5.73 Å². The van der Waals surface area contributed by atoms with Crippen molar-refractivity contribution < 1.29 is 18.0 Å². The number of carbonyl (C=O) groups excluding carboxylic acids is 1. The van der Waals surface area contributed by atoms with Gasteiger partial charge in [-0.25, -0.2) is 9.97 Å². The van der Waals surface area contributed by atoms with Crippen LogP contribution in [0.15, 0.2) is 77.7 Å². The highest BCUT2D eigenvalue weighted by molar-refractivity contribution is 9.10. The van der Waals surface area contributed by atoms with Crippen molar-refractivity contribution in [3.8, 4) is 11.3 Å². The number of nitrogens with zero attached hydrogens (tertiary/aromatic N) is 5. The summed E-state index contributed by atoms with van der Waals surface area (Å²) in [5, 5.41) is 6.47. The molecule has 1 unspecified atom stereocenters. The third kappa shape index (κ3) is 7.53. The van der Waals surface area contributed by atoms with Crippen LogP contribution in [-0.4, -0.2) is 58.1 Å². The quantitative estimate of drug-likeness (QED) is 0.211. The molecule has 2 aromatic heterocycles. The number of benzene rings is 2. The lowest BCUT2D eigenvalue weighted by Crippen LogP contribution is -2.55. The van der Waals surface area contributed by atoms with E-state index in [1.807, 2.05) is 13.0 Å². The highest BCUT2D eigenvalue weighted by Gasteiger charge is 2.38. The Hall–Kier alpha value is -3.62. The van der Waals surface area contributed by atoms with Crippen LogP contribution in [0.2, 0.25) is 0 Å². The molecule has 0 saturated carbocycles. The number of pyridine rings is 1. The number of rotatable bonds is 8. The Labute approximate surface area is 267 Å². The van der Waals surface area contributed by atoms with Gasteiger partial charge in [0.15, 0.2) is 0 Å². The molecule has 0 radical (unpaired) electrons. The van der Waals surface area contributed by atoms with Crippen molar-refractivity contribution in [1.29, 1.82) is 0 Å². The summed E-state index contributed by atoms with van der Waals surface area (Å²) >= 11 is 3.42. The van der Waals surface area contributed by atoms with Crippen LogP contribution in [0, 0.1) is 0 Å². The van der Waals surface area contributed by atoms with E-state index in [0.29, 0.717) is 48.8 Å². The zero-order valence-corrected chi connectivity index (χ0v) is 26.1. The summed E-state index contributed by atoms with van der Waals surface area (Å²) in [7, 11) is 0. The number of alkyl halides is 3. The van der Waals surface area contributed by atoms with E-state index in [0.717, 1.165) is 16.1 Å². The second-order valence-corrected chi connectivity index (χ2v) is 10.9. The van der Waals surface area contributed by atoms with E-state index in [9.17, 15) is 18.0 Å². The van der Waals surface area contributed by atoms with Gasteiger partial charge in [0.05, 0.1) is 23.0 Å². The molecule has 4 N–H and O–H groups in total. The monoisotopic (exact) mass is 690 g/mol. The molecule has 1 aliphatic heterocycles. The zero-order chi connectivity index (χ0) is 30.6. The maximum atomic E-state index is 14.1. The van der Waals surface area contributed by atoms with Gasteiger partial charge in [0.2, 0.25) is 5.95 Å². The van der Waals surface area contributed by atoms with Crippen LogP contribution < -0.4 is 21.3 Å². The minimum absolute atomic E-state index is 0. The minimum Gasteiger partial charge on any atom is -0.326 e. The highest BCUT2D eigenvalue weighted by atomic mass is 79.9. The highest BCUT2D eigenvalue weighted by Crippen LogP contribution is 2.35. The first-order chi connectivity index (χ1) is 20.7. The lowest BCUT2D eigenvalue weighted by Gasteiger charge is -2.40. The second kappa shape index (κ2) is 14.4. The average molecular weight is 692 g/mol. The molecule has 2 aromatic carbocycles. The van der Waals surface area contributed by atoms with E-state index in [-0.39, 0.29) is 24.9 Å². The Morgan fingerprint density at radius 1 is 1.14 bits per heavy atom. The molecule has 4 aromatic rings. The van der Waals surface area contributed by atoms with E-state index in [2.05, 4.69) is 46.4 Å². The maximum absolute atomic E-state index is 14.1. The number of anilines is 3. The third-order valence-corrected chi connectivity index (χ3v) is 7.66. The van der Waals surface area contributed by atoms with Crippen LogP contribution in [0.3, 0.4) is 0 Å². The van der Waals surface area contributed by atoms with Crippen LogP contribution >= 0.6 is 28.3 Å². The fourth-order valence-corrected chi connectivity index (χ4v) is 5.39. The number of hydrogen-bond donors (Lipinski definition) is 3. The molecular formula is C30H31BrClF3N8O. The first kappa shape index (κ1) is 33.3. The Morgan fingerprint density at radius 3 is 2.59 bits per heavy atom. The van der Waals surface area contributed by atoms with Gasteiger partial charge in [-0.05, 0) is 64.8 Å². The van der Waals surface area contributed by atoms with Gasteiger partial charge in [0, 0.05) is 72.7 Å². The van der Waals surface area contributed by atoms with Gasteiger partial charge in [-0.2, -0.15) is 13.2 Å². The van der Waals surface area contributed by atoms with Crippen LogP contribution in [0.5, 0.6) is 0 Å². The molecule has 1 fully saturated rings. The van der Waals surface area contributed by atoms with Gasteiger partial charge in [-0.3, -0.25) is 19.6 Å². The molecule has 1 aliphatic rings. The summed E-state index contributed by atoms with van der Waals surface area (Å²) in [5.41, 5.74) is 7.68. The predicted octanol–water partition coefficient (Wildman–Crippen LogP) is 5.84. The van der Waals surface area contributed by atoms with Crippen molar-refractivity contribution in [1.82, 2.24) is 25.2 Å². The predicted molar refractivity (Wildman–Crippen MR) is 170 cm³/mol. The number of hydrogen-bond acceptors (Lipinski definition) is 8. The molecule has 44 heavy (non-hydrogen) atoms. The number of nitrogens with two attached hydrogens (primary N) is 1. The SMILES string of the molecule is CC(N1CCNCC1)N(C(=O)c1ccccc1C(F)(F)F)c1ccc(CN)c(Nc2nccc(-c3cncc(Br)c3)n2)c1.Cl. The Morgan fingerprint density at radius 2 is 1.89 bits per heavy atom. The van der Waals surface area contributed by atoms with E-state index in [1.165, 1.54) is 23.1 Å². The van der Waals surface area contributed by atoms with Crippen molar-refractivity contribution in [3.05, 3.63) is 94.4 Å². The molecule has 0 spiro atoms. The van der Waals surface area contributed by atoms with Gasteiger partial charge < -0.3 is 16.4 Å². The largest absolute Gasteiger partial charge is 0.417 e. The standard InChI is InChI=1S/C30H30BrF3N8O.ClH/c1-19(41-12-10-36-11-13-41)42(28(43)24-4-2-3-5-25(24)30(32,33)34)23-7-6-20(16-35)27(15-23)40-29-38-9-8-26(39-29)21-14-22(31)18-37-17-21;/h2-9,14-15,17-19,36H,10-13,16,35H2,1H3,(H,38,39,40);1H. The molecule has 3 heterocycles. The lowest BCUT2D eigenvalue weighted by atomic mass is 10.0. The molecule has 1 saturated heterocycles. The Balaban J connectivity index is 0.00000442. The van der Waals surface area contributed by atoms with Crippen molar-refractivity contribution in [2.75, 3.05) is 36.4 Å². The molecule has 14 heteroatoms. The molecule has 0 bridgehead atoms. The minimum atomic E-state index is -4.70. The summed E-state index contributed by atoms with van der Waals surface area (Å²) in [5.74, 6) is -0.481. The zero-order valence-electron chi connectivity index (χ0n) is 23.7. The van der Waals surface area contributed by atoms with Crippen LogP contribution in [0.25, 0.3) is 11.3 Å². The van der Waals surface area contributed by atoms with Gasteiger partial charge in [-0.1, -0.05) is 18.2 Å². The second-order valence-electron chi connectivity index (χ2n) is 9.96. The summed E-state index contributed by atoms with van der Waals surface area (Å²) in [6.07, 6.45) is -0.282. The number of nitrogens with one attached hydrogen (secondary N) is 2. The average Bonchev–Trinajstić information content (AvgIpc) is 3.01. The topological polar surface area (TPSA) is 112 Å². The number of halogens is 5. The molecule has 1 atom stereocenters. The fourth-order valence-electron chi connectivity index (χ4n) is 5.03. The van der Waals surface area contributed by atoms with Gasteiger partial charge >= 0.3 is 6.18 Å². The Kier molecular flexibility index (Phi) is 10.9. The summed E-state index contributed by atoms with van der Waals surface area (Å²) in [4.78, 5) is 30.7. The number of carbonyl (C=O) groups is 1. The molecule has 9 nitrogen and oxygen atoms in total. The Bertz CT molecular complexity index is 1600. The van der Waals surface area contributed by atoms with Crippen LogP contribution in [0.1, 0.15) is 28.4 Å². The van der Waals surface area contributed by atoms with E-state index < -0.39 is 29.4 Å². The fraction of sp³-hybridized carbons (Fsp3) is 0.267. The normalized spacial score (nSPS) is 14.4. The van der Waals surface area contributed by atoms with Crippen LogP contribution in [-0.2, 0) is 12.7 Å². The molecule has 0 aliphatic carbocycles. The first-order valence-corrected chi connectivity index (χ1v) is 14.4. The first-order valence-electron chi connectivity index (χ1n) is 13.6. The molecule has 232 valence electrons. The van der Waals surface area contributed by atoms with Crippen LogP contribution in [0.4, 0.5) is 30.5 Å². The maximum Gasteiger partial charge on any atom is 0.417 e. The smallest absolute Gasteiger partial charge is 0.326 e. The molecule has 5 rings (SSSR count). The summed E-state index contributed by atoms with van der Waals surface area (Å²) < 4.78 is 42.7. The number of aromatic nitrogens is 3. The van der Waals surface area contributed by atoms with Crippen molar-refractivity contribution >= 4 is 51.6 Å². The van der Waals surface area contributed by atoms with Gasteiger partial charge in [-0.15, -0.1) is 12.4 Å². The van der Waals surface area contributed by atoms with Gasteiger partial charge in [0.25, 0.3) is 5.91 Å². The summed E-state index contributed by atoms with van der Waals surface area (Å²) in [6.45, 7) is 4.64. The van der Waals surface area contributed by atoms with Gasteiger partial charge in [0.1, 0.15) is 0 Å². The molecular weight excluding hydrogens is 661 g/mol. The van der Waals surface area contributed by atoms with E-state index in [1.54, 1.807) is 42.9 Å². The summed E-state index contributed by atoms with van der Waals surface area (Å²) in [6, 6.07) is 13.6.